The predicted molar refractivity (Wildman–Crippen MR) is 75.6 cm³/mol. The third-order valence-corrected chi connectivity index (χ3v) is 3.10. The number of hydrogen-bond donors (Lipinski definition) is 0. The molecule has 0 saturated carbocycles. The number of unbranched alkanes of at least 4 members (excludes halogenated alkanes) is 1. The second-order valence-corrected chi connectivity index (χ2v) is 4.72. The van der Waals surface area contributed by atoms with E-state index in [1.54, 1.807) is 6.08 Å². The monoisotopic (exact) mass is 262 g/mol. The lowest BCUT2D eigenvalue weighted by atomic mass is 9.82. The van der Waals surface area contributed by atoms with Crippen molar-refractivity contribution in [2.45, 2.75) is 33.1 Å². The highest BCUT2D eigenvalue weighted by molar-refractivity contribution is 5.93. The maximum absolute atomic E-state index is 11.8. The van der Waals surface area contributed by atoms with Crippen molar-refractivity contribution < 1.29 is 14.3 Å². The molecule has 0 spiro atoms. The summed E-state index contributed by atoms with van der Waals surface area (Å²) in [6.07, 6.45) is 14.6. The van der Waals surface area contributed by atoms with Crippen molar-refractivity contribution in [3.63, 3.8) is 0 Å². The van der Waals surface area contributed by atoms with Crippen LogP contribution in [-0.2, 0) is 14.3 Å². The molecule has 1 rings (SSSR count). The first-order valence-electron chi connectivity index (χ1n) is 6.82. The Hall–Kier alpha value is -1.64. The van der Waals surface area contributed by atoms with E-state index in [0.29, 0.717) is 0 Å². The molecular weight excluding hydrogens is 240 g/mol. The van der Waals surface area contributed by atoms with Crippen LogP contribution in [0.4, 0.5) is 0 Å². The summed E-state index contributed by atoms with van der Waals surface area (Å²) < 4.78 is 4.98. The van der Waals surface area contributed by atoms with Gasteiger partial charge in [-0.15, -0.1) is 0 Å². The summed E-state index contributed by atoms with van der Waals surface area (Å²) in [6, 6.07) is 0. The number of ether oxygens (including phenoxy) is 1. The fourth-order valence-corrected chi connectivity index (χ4v) is 2.01. The summed E-state index contributed by atoms with van der Waals surface area (Å²) in [6.45, 7) is 3.67. The highest BCUT2D eigenvalue weighted by atomic mass is 16.5. The molecule has 1 aliphatic rings. The average Bonchev–Trinajstić information content (AvgIpc) is 2.37. The van der Waals surface area contributed by atoms with Crippen molar-refractivity contribution in [2.75, 3.05) is 6.61 Å². The third-order valence-electron chi connectivity index (χ3n) is 3.10. The van der Waals surface area contributed by atoms with E-state index in [2.05, 4.69) is 13.0 Å². The maximum Gasteiger partial charge on any atom is 0.302 e. The summed E-state index contributed by atoms with van der Waals surface area (Å²) in [5.41, 5.74) is 0. The smallest absolute Gasteiger partial charge is 0.302 e. The number of rotatable bonds is 6. The van der Waals surface area contributed by atoms with Crippen LogP contribution in [0.2, 0.25) is 0 Å². The molecule has 0 aromatic rings. The Balaban J connectivity index is 2.59. The van der Waals surface area contributed by atoms with Crippen molar-refractivity contribution in [1.82, 2.24) is 0 Å². The van der Waals surface area contributed by atoms with Gasteiger partial charge in [-0.2, -0.15) is 0 Å². The molecule has 0 aromatic heterocycles. The van der Waals surface area contributed by atoms with Crippen molar-refractivity contribution in [1.29, 1.82) is 0 Å². The molecule has 0 radical (unpaired) electrons. The van der Waals surface area contributed by atoms with E-state index >= 15 is 0 Å². The van der Waals surface area contributed by atoms with Gasteiger partial charge >= 0.3 is 5.97 Å². The van der Waals surface area contributed by atoms with Crippen molar-refractivity contribution in [3.8, 4) is 0 Å². The molecule has 0 aromatic carbocycles. The zero-order chi connectivity index (χ0) is 14.1. The summed E-state index contributed by atoms with van der Waals surface area (Å²) in [5, 5.41) is 0. The van der Waals surface area contributed by atoms with Gasteiger partial charge in [0.1, 0.15) is 6.61 Å². The van der Waals surface area contributed by atoms with Gasteiger partial charge < -0.3 is 4.74 Å². The Labute approximate surface area is 115 Å². The summed E-state index contributed by atoms with van der Waals surface area (Å²) >= 11 is 0. The summed E-state index contributed by atoms with van der Waals surface area (Å²) in [5.74, 6) is -0.430. The first-order valence-corrected chi connectivity index (χ1v) is 6.82. The lowest BCUT2D eigenvalue weighted by Crippen LogP contribution is -2.29. The molecular formula is C16H22O3. The Morgan fingerprint density at radius 2 is 2.26 bits per heavy atom. The van der Waals surface area contributed by atoms with Gasteiger partial charge in [0.05, 0.1) is 5.92 Å². The summed E-state index contributed by atoms with van der Waals surface area (Å²) in [4.78, 5) is 22.7. The quantitative estimate of drug-likeness (QED) is 0.545. The van der Waals surface area contributed by atoms with Crippen molar-refractivity contribution in [2.24, 2.45) is 11.8 Å². The van der Waals surface area contributed by atoms with Crippen molar-refractivity contribution in [3.05, 3.63) is 36.5 Å². The van der Waals surface area contributed by atoms with Gasteiger partial charge in [-0.05, 0) is 24.8 Å². The number of ketones is 1. The second kappa shape index (κ2) is 8.46. The van der Waals surface area contributed by atoms with Crippen LogP contribution in [0.3, 0.4) is 0 Å². The van der Waals surface area contributed by atoms with Crippen LogP contribution in [0.1, 0.15) is 33.1 Å². The van der Waals surface area contributed by atoms with Crippen LogP contribution in [0.15, 0.2) is 36.5 Å². The fourth-order valence-electron chi connectivity index (χ4n) is 2.01. The molecule has 1 aliphatic carbocycles. The normalized spacial score (nSPS) is 23.4. The topological polar surface area (TPSA) is 43.4 Å². The molecule has 0 N–H and O–H groups in total. The molecule has 0 amide bonds. The lowest BCUT2D eigenvalue weighted by Gasteiger charge is -2.24. The van der Waals surface area contributed by atoms with Crippen molar-refractivity contribution >= 4 is 11.8 Å². The van der Waals surface area contributed by atoms with Gasteiger partial charge in [0.2, 0.25) is 0 Å². The van der Waals surface area contributed by atoms with Crippen LogP contribution in [0.25, 0.3) is 0 Å². The molecule has 0 saturated heterocycles. The zero-order valence-corrected chi connectivity index (χ0v) is 11.7. The molecule has 0 bridgehead atoms. The number of hydrogen-bond acceptors (Lipinski definition) is 3. The number of carbonyl (C=O) groups excluding carboxylic acids is 2. The zero-order valence-electron chi connectivity index (χ0n) is 11.7. The summed E-state index contributed by atoms with van der Waals surface area (Å²) in [7, 11) is 0. The Morgan fingerprint density at radius 1 is 1.47 bits per heavy atom. The van der Waals surface area contributed by atoms with Crippen LogP contribution < -0.4 is 0 Å². The molecule has 19 heavy (non-hydrogen) atoms. The molecule has 3 nitrogen and oxygen atoms in total. The van der Waals surface area contributed by atoms with Crippen LogP contribution >= 0.6 is 0 Å². The van der Waals surface area contributed by atoms with E-state index in [1.165, 1.54) is 6.92 Å². The van der Waals surface area contributed by atoms with E-state index in [4.69, 9.17) is 4.74 Å². The lowest BCUT2D eigenvalue weighted by molar-refractivity contribution is -0.143. The molecule has 3 heteroatoms. The van der Waals surface area contributed by atoms with E-state index < -0.39 is 0 Å². The first-order chi connectivity index (χ1) is 9.15. The van der Waals surface area contributed by atoms with Gasteiger partial charge in [0, 0.05) is 6.92 Å². The van der Waals surface area contributed by atoms with Crippen LogP contribution in [-0.4, -0.2) is 18.4 Å². The number of esters is 1. The van der Waals surface area contributed by atoms with E-state index in [-0.39, 0.29) is 30.2 Å². The van der Waals surface area contributed by atoms with E-state index in [1.807, 2.05) is 24.3 Å². The van der Waals surface area contributed by atoms with Gasteiger partial charge in [-0.3, -0.25) is 9.59 Å². The first kappa shape index (κ1) is 15.4. The highest BCUT2D eigenvalue weighted by Gasteiger charge is 2.28. The standard InChI is InChI=1S/C16H22O3/c1-3-4-5-6-7-9-14-10-8-11-16(18)15(14)12-19-13(2)17/h5-9,11,14-15H,3-4,10,12H2,1-2H3/b6-5+,9-7+/t14-,15+/m1/s1. The minimum atomic E-state index is -0.340. The molecule has 0 unspecified atom stereocenters. The molecule has 104 valence electrons. The minimum Gasteiger partial charge on any atom is -0.465 e. The molecule has 2 atom stereocenters. The van der Waals surface area contributed by atoms with E-state index in [0.717, 1.165) is 19.3 Å². The Bertz CT molecular complexity index is 391. The van der Waals surface area contributed by atoms with Crippen LogP contribution in [0, 0.1) is 11.8 Å². The minimum absolute atomic E-state index is 0.0414. The Kier molecular flexibility index (Phi) is 6.86. The highest BCUT2D eigenvalue weighted by Crippen LogP contribution is 2.24. The average molecular weight is 262 g/mol. The van der Waals surface area contributed by atoms with Gasteiger partial charge in [0.25, 0.3) is 0 Å². The predicted octanol–water partition coefficient (Wildman–Crippen LogP) is 3.22. The van der Waals surface area contributed by atoms with Gasteiger partial charge in [0.15, 0.2) is 5.78 Å². The molecule has 0 aliphatic heterocycles. The largest absolute Gasteiger partial charge is 0.465 e. The number of allylic oxidation sites excluding steroid dienone is 6. The Morgan fingerprint density at radius 3 is 2.95 bits per heavy atom. The third kappa shape index (κ3) is 5.69. The number of carbonyl (C=O) groups is 2. The van der Waals surface area contributed by atoms with Gasteiger partial charge in [-0.1, -0.05) is 43.7 Å². The SMILES string of the molecule is CCC/C=C/C=C/[C@@H]1CC=CC(=O)[C@H]1COC(C)=O. The van der Waals surface area contributed by atoms with Crippen LogP contribution in [0.5, 0.6) is 0 Å². The molecule has 0 fully saturated rings. The fraction of sp³-hybridized carbons (Fsp3) is 0.500. The van der Waals surface area contributed by atoms with E-state index in [9.17, 15) is 9.59 Å². The molecule has 0 heterocycles. The van der Waals surface area contributed by atoms with Gasteiger partial charge in [-0.25, -0.2) is 0 Å². The second-order valence-electron chi connectivity index (χ2n) is 4.72. The maximum atomic E-state index is 11.8.